The van der Waals surface area contributed by atoms with Gasteiger partial charge in [0, 0.05) is 24.7 Å². The zero-order chi connectivity index (χ0) is 14.3. The highest BCUT2D eigenvalue weighted by molar-refractivity contribution is 5.27. The Hall–Kier alpha value is -1.23. The number of nitrogens with one attached hydrogen (secondary N) is 1. The predicted octanol–water partition coefficient (Wildman–Crippen LogP) is 2.32. The molecule has 0 saturated heterocycles. The predicted molar refractivity (Wildman–Crippen MR) is 76.6 cm³/mol. The van der Waals surface area contributed by atoms with E-state index in [-0.39, 0.29) is 11.9 Å². The average molecular weight is 266 g/mol. The second-order valence-corrected chi connectivity index (χ2v) is 4.78. The number of hydrogen-bond acceptors (Lipinski definition) is 3. The van der Waals surface area contributed by atoms with Gasteiger partial charge in [0.15, 0.2) is 0 Å². The lowest BCUT2D eigenvalue weighted by Crippen LogP contribution is -2.31. The minimum Gasteiger partial charge on any atom is -0.376 e. The summed E-state index contributed by atoms with van der Waals surface area (Å²) < 4.78 is 19.1. The summed E-state index contributed by atoms with van der Waals surface area (Å²) in [5.74, 6) is -0.226. The van der Waals surface area contributed by atoms with Gasteiger partial charge in [0.1, 0.15) is 5.82 Å². The monoisotopic (exact) mass is 266 g/mol. The summed E-state index contributed by atoms with van der Waals surface area (Å²) in [6, 6.07) is 4.87. The van der Waals surface area contributed by atoms with Crippen molar-refractivity contribution in [1.82, 2.24) is 5.32 Å². The molecule has 0 amide bonds. The van der Waals surface area contributed by atoms with Gasteiger partial charge < -0.3 is 15.8 Å². The number of halogens is 1. The molecule has 3 N–H and O–H groups in total. The molecule has 0 heterocycles. The number of rotatable bonds is 8. The molecule has 0 spiro atoms. The molecule has 1 rings (SSSR count). The first-order chi connectivity index (χ1) is 9.04. The maximum Gasteiger partial charge on any atom is 0.128 e. The fourth-order valence-corrected chi connectivity index (χ4v) is 1.80. The normalized spacial score (nSPS) is 12.4. The third-order valence-corrected chi connectivity index (χ3v) is 2.75. The van der Waals surface area contributed by atoms with Gasteiger partial charge in [-0.25, -0.2) is 4.39 Å². The number of benzene rings is 1. The standard InChI is InChI=1S/C15H23FN2O/c1-11(2)10-19-7-6-18-15(9-17)13-8-12(3)4-5-14(13)16/h4-5,8,15,18H,1,6-7,9-10,17H2,2-3H3. The maximum absolute atomic E-state index is 13.7. The van der Waals surface area contributed by atoms with Crippen LogP contribution in [-0.4, -0.2) is 26.3 Å². The van der Waals surface area contributed by atoms with Gasteiger partial charge in [0.25, 0.3) is 0 Å². The molecule has 106 valence electrons. The van der Waals surface area contributed by atoms with Crippen LogP contribution in [0.2, 0.25) is 0 Å². The zero-order valence-corrected chi connectivity index (χ0v) is 11.7. The van der Waals surface area contributed by atoms with Crippen LogP contribution in [-0.2, 0) is 4.74 Å². The highest BCUT2D eigenvalue weighted by Crippen LogP contribution is 2.17. The van der Waals surface area contributed by atoms with Crippen molar-refractivity contribution in [3.05, 3.63) is 47.3 Å². The van der Waals surface area contributed by atoms with E-state index < -0.39 is 0 Å². The summed E-state index contributed by atoms with van der Waals surface area (Å²) in [6.07, 6.45) is 0. The van der Waals surface area contributed by atoms with Crippen LogP contribution in [0.3, 0.4) is 0 Å². The van der Waals surface area contributed by atoms with Crippen LogP contribution in [0.4, 0.5) is 4.39 Å². The van der Waals surface area contributed by atoms with Crippen molar-refractivity contribution in [2.75, 3.05) is 26.3 Å². The fraction of sp³-hybridized carbons (Fsp3) is 0.467. The van der Waals surface area contributed by atoms with Gasteiger partial charge in [-0.15, -0.1) is 0 Å². The van der Waals surface area contributed by atoms with Crippen molar-refractivity contribution < 1.29 is 9.13 Å². The third-order valence-electron chi connectivity index (χ3n) is 2.75. The van der Waals surface area contributed by atoms with Crippen molar-refractivity contribution in [3.63, 3.8) is 0 Å². The van der Waals surface area contributed by atoms with Crippen LogP contribution in [0.1, 0.15) is 24.1 Å². The molecule has 0 aromatic heterocycles. The summed E-state index contributed by atoms with van der Waals surface area (Å²) in [5, 5.41) is 3.21. The zero-order valence-electron chi connectivity index (χ0n) is 11.7. The van der Waals surface area contributed by atoms with E-state index in [9.17, 15) is 4.39 Å². The Kier molecular flexibility index (Phi) is 6.70. The first-order valence-electron chi connectivity index (χ1n) is 6.46. The van der Waals surface area contributed by atoms with Crippen LogP contribution < -0.4 is 11.1 Å². The van der Waals surface area contributed by atoms with Gasteiger partial charge in [0.05, 0.1) is 13.2 Å². The summed E-state index contributed by atoms with van der Waals surface area (Å²) in [6.45, 7) is 9.69. The Balaban J connectivity index is 2.49. The number of ether oxygens (including phenoxy) is 1. The maximum atomic E-state index is 13.7. The SMILES string of the molecule is C=C(C)COCCNC(CN)c1cc(C)ccc1F. The highest BCUT2D eigenvalue weighted by Gasteiger charge is 2.13. The molecular formula is C15H23FN2O. The van der Waals surface area contributed by atoms with E-state index in [0.717, 1.165) is 11.1 Å². The van der Waals surface area contributed by atoms with Crippen LogP contribution in [0, 0.1) is 12.7 Å². The number of hydrogen-bond donors (Lipinski definition) is 2. The van der Waals surface area contributed by atoms with Crippen molar-refractivity contribution in [2.45, 2.75) is 19.9 Å². The van der Waals surface area contributed by atoms with Crippen molar-refractivity contribution in [3.8, 4) is 0 Å². The van der Waals surface area contributed by atoms with Crippen LogP contribution in [0.15, 0.2) is 30.4 Å². The van der Waals surface area contributed by atoms with Crippen molar-refractivity contribution >= 4 is 0 Å². The summed E-state index contributed by atoms with van der Waals surface area (Å²) in [5.41, 5.74) is 8.33. The molecule has 0 aliphatic carbocycles. The number of nitrogens with two attached hydrogens (primary N) is 1. The first kappa shape index (κ1) is 15.8. The van der Waals surface area contributed by atoms with E-state index in [1.165, 1.54) is 6.07 Å². The molecule has 0 radical (unpaired) electrons. The minimum absolute atomic E-state index is 0.187. The van der Waals surface area contributed by atoms with Gasteiger partial charge in [-0.3, -0.25) is 0 Å². The van der Waals surface area contributed by atoms with Crippen molar-refractivity contribution in [2.24, 2.45) is 5.73 Å². The van der Waals surface area contributed by atoms with Crippen LogP contribution >= 0.6 is 0 Å². The summed E-state index contributed by atoms with van der Waals surface area (Å²) in [7, 11) is 0. The smallest absolute Gasteiger partial charge is 0.128 e. The lowest BCUT2D eigenvalue weighted by atomic mass is 10.0. The van der Waals surface area contributed by atoms with E-state index in [1.54, 1.807) is 6.07 Å². The van der Waals surface area contributed by atoms with E-state index in [2.05, 4.69) is 11.9 Å². The lowest BCUT2D eigenvalue weighted by Gasteiger charge is -2.18. The Morgan fingerprint density at radius 1 is 1.53 bits per heavy atom. The Labute approximate surface area is 114 Å². The van der Waals surface area contributed by atoms with E-state index >= 15 is 0 Å². The molecule has 1 unspecified atom stereocenters. The summed E-state index contributed by atoms with van der Waals surface area (Å²) in [4.78, 5) is 0. The van der Waals surface area contributed by atoms with Crippen LogP contribution in [0.5, 0.6) is 0 Å². The molecular weight excluding hydrogens is 243 g/mol. The molecule has 19 heavy (non-hydrogen) atoms. The third kappa shape index (κ3) is 5.51. The fourth-order valence-electron chi connectivity index (χ4n) is 1.80. The second kappa shape index (κ2) is 8.04. The number of aryl methyl sites for hydroxylation is 1. The molecule has 0 aliphatic heterocycles. The van der Waals surface area contributed by atoms with Gasteiger partial charge in [-0.2, -0.15) is 0 Å². The first-order valence-corrected chi connectivity index (χ1v) is 6.46. The van der Waals surface area contributed by atoms with E-state index in [0.29, 0.717) is 31.9 Å². The van der Waals surface area contributed by atoms with Gasteiger partial charge in [-0.05, 0) is 19.9 Å². The molecule has 0 saturated carbocycles. The Morgan fingerprint density at radius 3 is 2.89 bits per heavy atom. The topological polar surface area (TPSA) is 47.3 Å². The second-order valence-electron chi connectivity index (χ2n) is 4.78. The van der Waals surface area contributed by atoms with Gasteiger partial charge in [0.2, 0.25) is 0 Å². The van der Waals surface area contributed by atoms with Crippen molar-refractivity contribution in [1.29, 1.82) is 0 Å². The molecule has 4 heteroatoms. The molecule has 0 bridgehead atoms. The molecule has 0 fully saturated rings. The summed E-state index contributed by atoms with van der Waals surface area (Å²) >= 11 is 0. The van der Waals surface area contributed by atoms with E-state index in [1.807, 2.05) is 19.9 Å². The lowest BCUT2D eigenvalue weighted by molar-refractivity contribution is 0.155. The highest BCUT2D eigenvalue weighted by atomic mass is 19.1. The minimum atomic E-state index is -0.226. The average Bonchev–Trinajstić information content (AvgIpc) is 2.37. The quantitative estimate of drug-likeness (QED) is 0.561. The Morgan fingerprint density at radius 2 is 2.26 bits per heavy atom. The Bertz CT molecular complexity index is 421. The molecule has 1 aromatic carbocycles. The largest absolute Gasteiger partial charge is 0.376 e. The van der Waals surface area contributed by atoms with Gasteiger partial charge in [-0.1, -0.05) is 29.8 Å². The van der Waals surface area contributed by atoms with Gasteiger partial charge >= 0.3 is 0 Å². The molecule has 1 atom stereocenters. The van der Waals surface area contributed by atoms with Crippen LogP contribution in [0.25, 0.3) is 0 Å². The molecule has 3 nitrogen and oxygen atoms in total. The van der Waals surface area contributed by atoms with E-state index in [4.69, 9.17) is 10.5 Å². The molecule has 1 aromatic rings. The molecule has 0 aliphatic rings.